The summed E-state index contributed by atoms with van der Waals surface area (Å²) in [5.41, 5.74) is 6.71. The average Bonchev–Trinajstić information content (AvgIpc) is 3.72. The zero-order chi connectivity index (χ0) is 31.0. The lowest BCUT2D eigenvalue weighted by Crippen LogP contribution is -2.51. The Hall–Kier alpha value is -2.53. The second-order valence-corrected chi connectivity index (χ2v) is 15.6. The predicted octanol–water partition coefficient (Wildman–Crippen LogP) is -1.01. The molecule has 10 atom stereocenters. The van der Waals surface area contributed by atoms with E-state index in [9.17, 15) is 24.3 Å². The number of aliphatic hydroxyl groups is 1. The van der Waals surface area contributed by atoms with Crippen molar-refractivity contribution in [3.05, 3.63) is 18.1 Å². The summed E-state index contributed by atoms with van der Waals surface area (Å²) >= 11 is 6.25. The largest absolute Gasteiger partial charge is 0.472 e. The Morgan fingerprint density at radius 2 is 2.02 bits per heavy atom. The van der Waals surface area contributed by atoms with Crippen molar-refractivity contribution >= 4 is 67.4 Å². The van der Waals surface area contributed by atoms with Crippen LogP contribution in [0.25, 0.3) is 5.65 Å². The van der Waals surface area contributed by atoms with Gasteiger partial charge in [0.25, 0.3) is 5.91 Å². The lowest BCUT2D eigenvalue weighted by Gasteiger charge is -2.31. The minimum atomic E-state index is -4.76. The average molecular weight is 692 g/mol. The summed E-state index contributed by atoms with van der Waals surface area (Å²) in [5, 5.41) is 32.4. The van der Waals surface area contributed by atoms with E-state index in [1.165, 1.54) is 22.0 Å². The zero-order valence-electron chi connectivity index (χ0n) is 22.0. The van der Waals surface area contributed by atoms with Gasteiger partial charge in [0.2, 0.25) is 17.9 Å². The van der Waals surface area contributed by atoms with Crippen molar-refractivity contribution in [2.75, 3.05) is 18.9 Å². The lowest BCUT2D eigenvalue weighted by atomic mass is 10.1. The van der Waals surface area contributed by atoms with Crippen molar-refractivity contribution in [2.45, 2.75) is 53.6 Å². The van der Waals surface area contributed by atoms with E-state index in [1.807, 2.05) is 0 Å². The SMILES string of the molecule is N=C1N=C2C(N=NN2[C@@H]2S[C@@H]3COP(=O)(O)O[C@H]4C[C@H](c5cnn6c(N)ncnc56)O[C@@H]4COP(O)(=S)O[C@@H]2[C@@H]3O)C(=O)N1. The van der Waals surface area contributed by atoms with Gasteiger partial charge in [-0.15, -0.1) is 16.9 Å². The number of fused-ring (bicyclic) bond motifs is 5. The smallest absolute Gasteiger partial charge is 0.389 e. The van der Waals surface area contributed by atoms with E-state index in [0.29, 0.717) is 11.2 Å². The molecule has 5 aliphatic rings. The molecule has 44 heavy (non-hydrogen) atoms. The van der Waals surface area contributed by atoms with Gasteiger partial charge in [-0.2, -0.15) is 14.6 Å². The van der Waals surface area contributed by atoms with Gasteiger partial charge in [0.15, 0.2) is 11.5 Å². The number of phosphoric acid groups is 1. The van der Waals surface area contributed by atoms with E-state index in [0.717, 1.165) is 11.8 Å². The van der Waals surface area contributed by atoms with Crippen molar-refractivity contribution in [2.24, 2.45) is 15.3 Å². The van der Waals surface area contributed by atoms with Gasteiger partial charge in [0.05, 0.1) is 36.9 Å². The summed E-state index contributed by atoms with van der Waals surface area (Å²) in [6, 6.07) is -1.15. The number of carbonyl (C=O) groups excluding carboxylic acids is 1. The third kappa shape index (κ3) is 5.46. The molecule has 5 aliphatic heterocycles. The fraction of sp³-hybridized carbons (Fsp3) is 0.579. The van der Waals surface area contributed by atoms with Crippen LogP contribution >= 0.6 is 26.3 Å². The number of guanidine groups is 1. The fourth-order valence-electron chi connectivity index (χ4n) is 5.26. The molecule has 0 aromatic carbocycles. The van der Waals surface area contributed by atoms with Crippen LogP contribution in [0.4, 0.5) is 5.95 Å². The zero-order valence-corrected chi connectivity index (χ0v) is 25.4. The molecule has 0 spiro atoms. The second-order valence-electron chi connectivity index (χ2n) is 10.0. The molecule has 2 bridgehead atoms. The van der Waals surface area contributed by atoms with Crippen LogP contribution in [0.15, 0.2) is 27.9 Å². The standard InChI is InChI=1S/C19H23N11O10P2S2/c20-18-25-15-11(16(32)26-18)27-28-29(15)17-13-12(31)10(44-17)4-36-41(33,34)39-8-1-7(38-9(8)3-37-42(35,43)40-13)6-2-24-30-14(6)22-5-23-19(30)21/h2,5,7-13,17,31H,1,3-4H2,(H,33,34)(H,35,43)(H2,20,26,32)(H2,21,22,23)/t7-,8+,9-,10-,11?,12-,13-,17-,42?/m1/s1. The van der Waals surface area contributed by atoms with Crippen LogP contribution in [-0.2, 0) is 44.0 Å². The molecule has 3 fully saturated rings. The number of amides is 1. The molecule has 1 amide bonds. The van der Waals surface area contributed by atoms with Crippen LogP contribution in [0.2, 0.25) is 0 Å². The molecular weight excluding hydrogens is 668 g/mol. The molecule has 25 heteroatoms. The highest BCUT2D eigenvalue weighted by atomic mass is 32.5. The van der Waals surface area contributed by atoms with Gasteiger partial charge in [0, 0.05) is 12.0 Å². The summed E-state index contributed by atoms with van der Waals surface area (Å²) in [6.45, 7) is -5.09. The molecule has 236 valence electrons. The minimum absolute atomic E-state index is 0.0176. The monoisotopic (exact) mass is 691 g/mol. The molecule has 3 unspecified atom stereocenters. The maximum Gasteiger partial charge on any atom is 0.472 e. The molecule has 2 aromatic rings. The number of hydrogen-bond donors (Lipinski definition) is 6. The number of ether oxygens (including phenoxy) is 1. The predicted molar refractivity (Wildman–Crippen MR) is 150 cm³/mol. The molecule has 0 radical (unpaired) electrons. The summed E-state index contributed by atoms with van der Waals surface area (Å²) in [6.07, 6.45) is -2.87. The van der Waals surface area contributed by atoms with Gasteiger partial charge in [-0.05, 0) is 11.8 Å². The van der Waals surface area contributed by atoms with Gasteiger partial charge < -0.3 is 29.9 Å². The molecule has 3 saturated heterocycles. The Morgan fingerprint density at radius 3 is 2.84 bits per heavy atom. The molecule has 7 heterocycles. The highest BCUT2D eigenvalue weighted by molar-refractivity contribution is 8.07. The molecule has 7 N–H and O–H groups in total. The number of amidine groups is 1. The first-order valence-electron chi connectivity index (χ1n) is 12.8. The number of aliphatic imine (C=N–C) groups is 1. The number of nitrogen functional groups attached to an aromatic ring is 1. The van der Waals surface area contributed by atoms with Crippen molar-refractivity contribution in [3.63, 3.8) is 0 Å². The number of hydrogen-bond acceptors (Lipinski definition) is 18. The quantitative estimate of drug-likeness (QED) is 0.206. The van der Waals surface area contributed by atoms with Crippen LogP contribution in [0.5, 0.6) is 0 Å². The number of aromatic nitrogens is 4. The third-order valence-electron chi connectivity index (χ3n) is 7.25. The van der Waals surface area contributed by atoms with Gasteiger partial charge in [-0.25, -0.2) is 19.5 Å². The molecule has 21 nitrogen and oxygen atoms in total. The van der Waals surface area contributed by atoms with E-state index >= 15 is 0 Å². The highest BCUT2D eigenvalue weighted by Crippen LogP contribution is 2.55. The summed E-state index contributed by atoms with van der Waals surface area (Å²) in [5.74, 6) is -1.01. The Balaban J connectivity index is 1.16. The number of nitrogens with one attached hydrogen (secondary N) is 2. The van der Waals surface area contributed by atoms with E-state index < -0.39 is 86.8 Å². The fourth-order valence-corrected chi connectivity index (χ4v) is 9.30. The Morgan fingerprint density at radius 1 is 1.20 bits per heavy atom. The number of anilines is 1. The molecule has 7 rings (SSSR count). The van der Waals surface area contributed by atoms with Crippen LogP contribution in [-0.4, -0.2) is 111 Å². The molecule has 0 saturated carbocycles. The Labute approximate surface area is 255 Å². The highest BCUT2D eigenvalue weighted by Gasteiger charge is 2.54. The lowest BCUT2D eigenvalue weighted by molar-refractivity contribution is -0.119. The first kappa shape index (κ1) is 30.1. The van der Waals surface area contributed by atoms with Crippen LogP contribution in [0.1, 0.15) is 18.1 Å². The van der Waals surface area contributed by atoms with Crippen LogP contribution in [0.3, 0.4) is 0 Å². The summed E-state index contributed by atoms with van der Waals surface area (Å²) in [4.78, 5) is 46.1. The first-order valence-corrected chi connectivity index (χ1v) is 17.8. The van der Waals surface area contributed by atoms with Gasteiger partial charge in [-0.3, -0.25) is 29.1 Å². The number of rotatable bonds is 2. The number of phosphoric ester groups is 1. The number of thioether (sulfide) groups is 1. The molecule has 2 aromatic heterocycles. The van der Waals surface area contributed by atoms with E-state index in [-0.39, 0.29) is 18.2 Å². The van der Waals surface area contributed by atoms with E-state index in [2.05, 4.69) is 35.7 Å². The number of carbonyl (C=O) groups is 1. The van der Waals surface area contributed by atoms with Crippen LogP contribution in [0, 0.1) is 5.41 Å². The maximum absolute atomic E-state index is 13.1. The molecule has 0 aliphatic carbocycles. The van der Waals surface area contributed by atoms with Gasteiger partial charge >= 0.3 is 14.5 Å². The Bertz CT molecular complexity index is 1700. The topological polar surface area (TPSA) is 286 Å². The minimum Gasteiger partial charge on any atom is -0.389 e. The van der Waals surface area contributed by atoms with E-state index in [1.54, 1.807) is 0 Å². The summed E-state index contributed by atoms with van der Waals surface area (Å²) in [7, 11) is -4.76. The van der Waals surface area contributed by atoms with Crippen molar-refractivity contribution < 1.29 is 47.1 Å². The van der Waals surface area contributed by atoms with E-state index in [4.69, 9.17) is 45.8 Å². The van der Waals surface area contributed by atoms with Crippen molar-refractivity contribution in [1.29, 1.82) is 5.41 Å². The second kappa shape index (κ2) is 11.1. The number of nitrogens with two attached hydrogens (primary N) is 1. The third-order valence-corrected chi connectivity index (χ3v) is 11.3. The summed E-state index contributed by atoms with van der Waals surface area (Å²) < 4.78 is 42.7. The van der Waals surface area contributed by atoms with Crippen molar-refractivity contribution in [3.8, 4) is 0 Å². The number of aliphatic hydroxyl groups excluding tert-OH is 1. The van der Waals surface area contributed by atoms with Crippen molar-refractivity contribution in [1.82, 2.24) is 29.9 Å². The first-order chi connectivity index (χ1) is 20.9. The van der Waals surface area contributed by atoms with Crippen LogP contribution < -0.4 is 11.1 Å². The Kier molecular flexibility index (Phi) is 7.58. The van der Waals surface area contributed by atoms with Gasteiger partial charge in [-0.1, -0.05) is 5.22 Å². The van der Waals surface area contributed by atoms with Gasteiger partial charge in [0.1, 0.15) is 30.0 Å². The normalized spacial score (nSPS) is 41.0. The molecular formula is C19H23N11O10P2S2. The maximum atomic E-state index is 13.1. The number of nitrogens with zero attached hydrogens (tertiary/aromatic N) is 8.